The molecule has 0 aliphatic heterocycles. The highest BCUT2D eigenvalue weighted by molar-refractivity contribution is 7.80. The van der Waals surface area contributed by atoms with Crippen LogP contribution >= 0.6 is 23.6 Å². The number of thiocarbonyl (C=S) groups is 1. The molecule has 3 heterocycles. The molecule has 0 aliphatic carbocycles. The van der Waals surface area contributed by atoms with Gasteiger partial charge in [-0.2, -0.15) is 0 Å². The molecule has 0 unspecified atom stereocenters. The molecule has 5 aromatic rings. The van der Waals surface area contributed by atoms with Crippen LogP contribution in [0.5, 0.6) is 11.5 Å². The molecule has 2 N–H and O–H groups in total. The number of amides is 1. The number of nitrogens with one attached hydrogen (secondary N) is 2. The highest BCUT2D eigenvalue weighted by Gasteiger charge is 2.16. The van der Waals surface area contributed by atoms with Crippen molar-refractivity contribution in [1.29, 1.82) is 0 Å². The predicted octanol–water partition coefficient (Wildman–Crippen LogP) is 6.73. The molecule has 5 rings (SSSR count). The second-order valence-electron chi connectivity index (χ2n) is 8.80. The van der Waals surface area contributed by atoms with Gasteiger partial charge in [0.1, 0.15) is 11.6 Å². The second kappa shape index (κ2) is 11.1. The number of fused-ring (bicyclic) bond motifs is 1. The molecule has 7 nitrogen and oxygen atoms in total. The van der Waals surface area contributed by atoms with Crippen molar-refractivity contribution in [2.24, 2.45) is 0 Å². The highest BCUT2D eigenvalue weighted by atomic mass is 32.1. The minimum absolute atomic E-state index is 0.0562. The van der Waals surface area contributed by atoms with E-state index in [1.165, 1.54) is 23.5 Å². The van der Waals surface area contributed by atoms with Gasteiger partial charge in [0, 0.05) is 42.5 Å². The number of halogens is 1. The van der Waals surface area contributed by atoms with Crippen LogP contribution in [0.3, 0.4) is 0 Å². The topological polar surface area (TPSA) is 81.1 Å². The summed E-state index contributed by atoms with van der Waals surface area (Å²) in [6.07, 6.45) is 5.54. The Kier molecular flexibility index (Phi) is 7.43. The van der Waals surface area contributed by atoms with Gasteiger partial charge in [0.15, 0.2) is 16.7 Å². The van der Waals surface area contributed by atoms with Crippen LogP contribution in [0.2, 0.25) is 0 Å². The van der Waals surface area contributed by atoms with Crippen molar-refractivity contribution in [3.8, 4) is 22.2 Å². The van der Waals surface area contributed by atoms with Gasteiger partial charge in [0.05, 0.1) is 21.5 Å². The van der Waals surface area contributed by atoms with Crippen LogP contribution < -0.4 is 15.4 Å². The zero-order chi connectivity index (χ0) is 26.6. The van der Waals surface area contributed by atoms with E-state index < -0.39 is 5.82 Å². The van der Waals surface area contributed by atoms with E-state index in [1.807, 2.05) is 42.6 Å². The van der Waals surface area contributed by atoms with Gasteiger partial charge in [0.25, 0.3) is 0 Å². The summed E-state index contributed by atoms with van der Waals surface area (Å²) in [4.78, 5) is 22.1. The summed E-state index contributed by atoms with van der Waals surface area (Å²) >= 11 is 6.71. The number of carbonyl (C=O) groups is 1. The van der Waals surface area contributed by atoms with Gasteiger partial charge in [-0.1, -0.05) is 30.3 Å². The predicted molar refractivity (Wildman–Crippen MR) is 152 cm³/mol. The number of nitrogens with zero attached hydrogens (tertiary/aromatic N) is 3. The lowest BCUT2D eigenvalue weighted by atomic mass is 10.1. The largest absolute Gasteiger partial charge is 0.453 e. The van der Waals surface area contributed by atoms with Gasteiger partial charge in [-0.15, -0.1) is 11.3 Å². The minimum atomic E-state index is -0.578. The molecule has 0 fully saturated rings. The van der Waals surface area contributed by atoms with Crippen molar-refractivity contribution < 1.29 is 13.9 Å². The molecule has 0 bridgehead atoms. The molecule has 38 heavy (non-hydrogen) atoms. The van der Waals surface area contributed by atoms with Gasteiger partial charge in [-0.25, -0.2) is 9.37 Å². The van der Waals surface area contributed by atoms with Crippen molar-refractivity contribution in [2.45, 2.75) is 26.3 Å². The number of ether oxygens (including phenoxy) is 1. The Hall–Kier alpha value is -4.15. The van der Waals surface area contributed by atoms with Crippen molar-refractivity contribution in [2.75, 3.05) is 5.32 Å². The van der Waals surface area contributed by atoms with Crippen molar-refractivity contribution >= 4 is 50.5 Å². The molecular weight excluding hydrogens is 521 g/mol. The van der Waals surface area contributed by atoms with Crippen LogP contribution in [-0.4, -0.2) is 25.6 Å². The lowest BCUT2D eigenvalue weighted by Crippen LogP contribution is -2.35. The monoisotopic (exact) mass is 545 g/mol. The van der Waals surface area contributed by atoms with Crippen molar-refractivity contribution in [1.82, 2.24) is 19.9 Å². The number of carbonyl (C=O) groups excluding carboxylic acids is 1. The molecule has 0 radical (unpaired) electrons. The van der Waals surface area contributed by atoms with Gasteiger partial charge >= 0.3 is 0 Å². The summed E-state index contributed by atoms with van der Waals surface area (Å²) in [5.41, 5.74) is 2.00. The SMILES string of the molecule is CC(C)n1ccnc1-c1cc2nccc(Oc3ccc(NC(=S)NC(=O)Cc4ccccc4)cc3F)c2s1. The summed E-state index contributed by atoms with van der Waals surface area (Å²) < 4.78 is 23.8. The Morgan fingerprint density at radius 1 is 1.08 bits per heavy atom. The third-order valence-electron chi connectivity index (χ3n) is 5.69. The minimum Gasteiger partial charge on any atom is -0.453 e. The molecule has 0 spiro atoms. The number of hydrogen-bond donors (Lipinski definition) is 2. The number of thiophene rings is 1. The Bertz CT molecular complexity index is 1610. The van der Waals surface area contributed by atoms with E-state index >= 15 is 0 Å². The zero-order valence-electron chi connectivity index (χ0n) is 20.6. The first kappa shape index (κ1) is 25.5. The molecule has 0 saturated carbocycles. The normalized spacial score (nSPS) is 11.1. The number of rotatable bonds is 7. The fraction of sp³-hybridized carbons (Fsp3) is 0.143. The van der Waals surface area contributed by atoms with E-state index in [0.29, 0.717) is 11.4 Å². The fourth-order valence-corrected chi connectivity index (χ4v) is 5.22. The number of benzene rings is 2. The van der Waals surface area contributed by atoms with Crippen LogP contribution in [0, 0.1) is 5.82 Å². The average molecular weight is 546 g/mol. The molecule has 0 aliphatic rings. The maximum Gasteiger partial charge on any atom is 0.230 e. The summed E-state index contributed by atoms with van der Waals surface area (Å²) in [6.45, 7) is 4.19. The van der Waals surface area contributed by atoms with Crippen LogP contribution in [-0.2, 0) is 11.2 Å². The van der Waals surface area contributed by atoms with Gasteiger partial charge in [-0.3, -0.25) is 9.78 Å². The second-order valence-corrected chi connectivity index (χ2v) is 10.3. The maximum atomic E-state index is 15.0. The van der Waals surface area contributed by atoms with Crippen molar-refractivity contribution in [3.63, 3.8) is 0 Å². The van der Waals surface area contributed by atoms with E-state index in [0.717, 1.165) is 26.5 Å². The smallest absolute Gasteiger partial charge is 0.230 e. The Morgan fingerprint density at radius 3 is 2.66 bits per heavy atom. The van der Waals surface area contributed by atoms with E-state index in [1.54, 1.807) is 24.5 Å². The van der Waals surface area contributed by atoms with Crippen LogP contribution in [0.25, 0.3) is 20.9 Å². The van der Waals surface area contributed by atoms with Crippen LogP contribution in [0.1, 0.15) is 25.5 Å². The van der Waals surface area contributed by atoms with Crippen LogP contribution in [0.15, 0.2) is 79.3 Å². The third kappa shape index (κ3) is 5.71. The first-order valence-electron chi connectivity index (χ1n) is 11.9. The Labute approximate surface area is 228 Å². The molecule has 2 aromatic carbocycles. The molecule has 3 aromatic heterocycles. The van der Waals surface area contributed by atoms with Gasteiger partial charge in [0.2, 0.25) is 5.91 Å². The number of pyridine rings is 1. The van der Waals surface area contributed by atoms with E-state index in [4.69, 9.17) is 17.0 Å². The summed E-state index contributed by atoms with van der Waals surface area (Å²) in [5.74, 6) is 0.563. The standard InChI is InChI=1S/C28H24FN5O2S2/c1-17(2)34-13-12-31-27(34)24-16-21-26(38-24)23(10-11-30-21)36-22-9-8-19(15-20(22)29)32-28(37)33-25(35)14-18-6-4-3-5-7-18/h3-13,15-17H,14H2,1-2H3,(H2,32,33,35,37). The molecule has 192 valence electrons. The molecule has 0 atom stereocenters. The Balaban J connectivity index is 1.28. The summed E-state index contributed by atoms with van der Waals surface area (Å²) in [5, 5.41) is 5.54. The lowest BCUT2D eigenvalue weighted by molar-refractivity contribution is -0.119. The highest BCUT2D eigenvalue weighted by Crippen LogP contribution is 2.39. The molecule has 10 heteroatoms. The zero-order valence-corrected chi connectivity index (χ0v) is 22.3. The van der Waals surface area contributed by atoms with E-state index in [9.17, 15) is 9.18 Å². The quantitative estimate of drug-likeness (QED) is 0.221. The number of hydrogen-bond acceptors (Lipinski definition) is 6. The van der Waals surface area contributed by atoms with Gasteiger partial charge in [-0.05, 0) is 49.8 Å². The summed E-state index contributed by atoms with van der Waals surface area (Å²) in [7, 11) is 0. The fourth-order valence-electron chi connectivity index (χ4n) is 3.92. The molecule has 1 amide bonds. The number of anilines is 1. The van der Waals surface area contributed by atoms with Gasteiger partial charge < -0.3 is 19.9 Å². The first-order chi connectivity index (χ1) is 18.4. The van der Waals surface area contributed by atoms with Crippen molar-refractivity contribution in [3.05, 3.63) is 90.6 Å². The number of imidazole rings is 1. The van der Waals surface area contributed by atoms with E-state index in [-0.39, 0.29) is 29.2 Å². The average Bonchev–Trinajstić information content (AvgIpc) is 3.54. The summed E-state index contributed by atoms with van der Waals surface area (Å²) in [6, 6.07) is 17.7. The third-order valence-corrected chi connectivity index (χ3v) is 7.03. The Morgan fingerprint density at radius 2 is 1.89 bits per heavy atom. The molecular formula is C28H24FN5O2S2. The first-order valence-corrected chi connectivity index (χ1v) is 13.1. The molecule has 0 saturated heterocycles. The lowest BCUT2D eigenvalue weighted by Gasteiger charge is -2.12. The van der Waals surface area contributed by atoms with Crippen LogP contribution in [0.4, 0.5) is 10.1 Å². The maximum absolute atomic E-state index is 15.0. The number of aromatic nitrogens is 3. The van der Waals surface area contributed by atoms with E-state index in [2.05, 4.69) is 39.0 Å².